The highest BCUT2D eigenvalue weighted by molar-refractivity contribution is 7.22. The Balaban J connectivity index is 1.19. The summed E-state index contributed by atoms with van der Waals surface area (Å²) in [6.45, 7) is 2.25. The van der Waals surface area contributed by atoms with Crippen LogP contribution in [0.25, 0.3) is 21.1 Å². The average Bonchev–Trinajstić information content (AvgIpc) is 3.20. The molecule has 1 aliphatic carbocycles. The molecule has 1 fully saturated rings. The Kier molecular flexibility index (Phi) is 5.96. The summed E-state index contributed by atoms with van der Waals surface area (Å²) >= 11 is 1.68. The summed E-state index contributed by atoms with van der Waals surface area (Å²) in [5.74, 6) is 1.87. The molecule has 0 bridgehead atoms. The van der Waals surface area contributed by atoms with Gasteiger partial charge < -0.3 is 10.1 Å². The van der Waals surface area contributed by atoms with Crippen LogP contribution in [0.3, 0.4) is 0 Å². The van der Waals surface area contributed by atoms with E-state index >= 15 is 0 Å². The number of methoxy groups -OCH3 is 1. The van der Waals surface area contributed by atoms with Gasteiger partial charge in [-0.15, -0.1) is 0 Å². The van der Waals surface area contributed by atoms with E-state index in [1.54, 1.807) is 30.6 Å². The number of benzene rings is 2. The number of aromatic nitrogens is 2. The summed E-state index contributed by atoms with van der Waals surface area (Å²) in [5.41, 5.74) is 3.15. The average molecular weight is 450 g/mol. The Morgan fingerprint density at radius 1 is 1.09 bits per heavy atom. The van der Waals surface area contributed by atoms with Crippen LogP contribution in [0.5, 0.6) is 5.75 Å². The number of hydrogen-bond donors (Lipinski definition) is 1. The number of hydrogen-bond acceptors (Lipinski definition) is 5. The Morgan fingerprint density at radius 2 is 1.91 bits per heavy atom. The van der Waals surface area contributed by atoms with Crippen molar-refractivity contribution < 1.29 is 9.13 Å². The zero-order valence-electron chi connectivity index (χ0n) is 18.5. The molecule has 32 heavy (non-hydrogen) atoms. The molecule has 2 aromatic carbocycles. The van der Waals surface area contributed by atoms with Crippen molar-refractivity contribution >= 4 is 37.6 Å². The van der Waals surface area contributed by atoms with Crippen molar-refractivity contribution in [2.75, 3.05) is 12.4 Å². The Labute approximate surface area is 191 Å². The number of pyridine rings is 1. The number of nitrogens with zero attached hydrogens (tertiary/aromatic N) is 2. The lowest BCUT2D eigenvalue weighted by Gasteiger charge is -2.31. The van der Waals surface area contributed by atoms with Gasteiger partial charge in [-0.1, -0.05) is 11.3 Å². The van der Waals surface area contributed by atoms with Crippen LogP contribution in [-0.4, -0.2) is 23.1 Å². The Hall–Kier alpha value is -2.73. The molecule has 0 aliphatic heterocycles. The number of thiazole rings is 1. The largest absolute Gasteiger partial charge is 0.497 e. The van der Waals surface area contributed by atoms with Crippen molar-refractivity contribution in [1.82, 2.24) is 9.97 Å². The zero-order valence-corrected chi connectivity index (χ0v) is 19.3. The number of nitrogens with one attached hydrogen (secondary N) is 1. The molecular weight excluding hydrogens is 421 g/mol. The topological polar surface area (TPSA) is 47.0 Å². The minimum Gasteiger partial charge on any atom is -0.497 e. The fraction of sp³-hybridized carbons (Fsp3) is 0.385. The van der Waals surface area contributed by atoms with Crippen LogP contribution in [0.15, 0.2) is 48.7 Å². The van der Waals surface area contributed by atoms with Gasteiger partial charge in [0.05, 0.1) is 22.8 Å². The summed E-state index contributed by atoms with van der Waals surface area (Å²) < 4.78 is 20.3. The van der Waals surface area contributed by atoms with Crippen molar-refractivity contribution in [1.29, 1.82) is 0 Å². The van der Waals surface area contributed by atoms with Crippen molar-refractivity contribution in [3.05, 3.63) is 60.0 Å². The van der Waals surface area contributed by atoms with Crippen LogP contribution in [-0.2, 0) is 0 Å². The molecule has 4 nitrogen and oxygen atoms in total. The van der Waals surface area contributed by atoms with Gasteiger partial charge in [-0.2, -0.15) is 0 Å². The monoisotopic (exact) mass is 449 g/mol. The highest BCUT2D eigenvalue weighted by atomic mass is 32.1. The van der Waals surface area contributed by atoms with Crippen molar-refractivity contribution in [3.63, 3.8) is 0 Å². The fourth-order valence-corrected chi connectivity index (χ4v) is 6.07. The van der Waals surface area contributed by atoms with Gasteiger partial charge in [-0.25, -0.2) is 9.37 Å². The van der Waals surface area contributed by atoms with E-state index in [0.717, 1.165) is 51.3 Å². The third-order valence-corrected chi connectivity index (χ3v) is 7.63. The predicted octanol–water partition coefficient (Wildman–Crippen LogP) is 7.16. The molecule has 1 N–H and O–H groups in total. The summed E-state index contributed by atoms with van der Waals surface area (Å²) in [4.78, 5) is 9.13. The lowest BCUT2D eigenvalue weighted by Crippen LogP contribution is -2.22. The third-order valence-electron chi connectivity index (χ3n) is 6.68. The number of fused-ring (bicyclic) bond motifs is 2. The van der Waals surface area contributed by atoms with Crippen molar-refractivity contribution in [2.45, 2.75) is 51.0 Å². The molecule has 6 heteroatoms. The predicted molar refractivity (Wildman–Crippen MR) is 130 cm³/mol. The van der Waals surface area contributed by atoms with Crippen LogP contribution < -0.4 is 10.1 Å². The van der Waals surface area contributed by atoms with E-state index in [1.807, 2.05) is 24.4 Å². The second-order valence-electron chi connectivity index (χ2n) is 8.91. The van der Waals surface area contributed by atoms with E-state index in [1.165, 1.54) is 24.5 Å². The lowest BCUT2D eigenvalue weighted by molar-refractivity contribution is 0.302. The van der Waals surface area contributed by atoms with Gasteiger partial charge in [-0.3, -0.25) is 4.98 Å². The lowest BCUT2D eigenvalue weighted by atomic mass is 9.76. The summed E-state index contributed by atoms with van der Waals surface area (Å²) in [5, 5.41) is 5.55. The summed E-state index contributed by atoms with van der Waals surface area (Å²) in [7, 11) is 1.69. The molecule has 1 aliphatic rings. The molecule has 166 valence electrons. The molecule has 0 radical (unpaired) electrons. The molecule has 5 rings (SSSR count). The third kappa shape index (κ3) is 4.42. The van der Waals surface area contributed by atoms with Gasteiger partial charge in [0, 0.05) is 17.6 Å². The van der Waals surface area contributed by atoms with Crippen LogP contribution >= 0.6 is 11.3 Å². The van der Waals surface area contributed by atoms with Gasteiger partial charge in [0.15, 0.2) is 5.13 Å². The fourth-order valence-electron chi connectivity index (χ4n) is 5.07. The molecular formula is C26H28FN3OS. The highest BCUT2D eigenvalue weighted by Gasteiger charge is 2.25. The van der Waals surface area contributed by atoms with Gasteiger partial charge in [-0.05, 0) is 98.9 Å². The maximum absolute atomic E-state index is 13.8. The Morgan fingerprint density at radius 3 is 2.72 bits per heavy atom. The maximum atomic E-state index is 13.8. The molecule has 2 heterocycles. The first-order valence-electron chi connectivity index (χ1n) is 11.3. The minimum absolute atomic E-state index is 0.186. The maximum Gasteiger partial charge on any atom is 0.184 e. The van der Waals surface area contributed by atoms with E-state index in [9.17, 15) is 4.39 Å². The van der Waals surface area contributed by atoms with Crippen molar-refractivity contribution in [2.24, 2.45) is 5.92 Å². The van der Waals surface area contributed by atoms with Crippen molar-refractivity contribution in [3.8, 4) is 5.75 Å². The van der Waals surface area contributed by atoms with Gasteiger partial charge in [0.1, 0.15) is 11.6 Å². The second-order valence-corrected chi connectivity index (χ2v) is 9.94. The quantitative estimate of drug-likeness (QED) is 0.339. The number of rotatable bonds is 6. The Bertz CT molecular complexity index is 1230. The SMILES string of the molecule is COc1ccc2nc(NC(C)CC3CCC(c4ccnc5ccc(F)cc45)CC3)sc2c1. The van der Waals surface area contributed by atoms with Crippen LogP contribution in [0.1, 0.15) is 50.5 Å². The van der Waals surface area contributed by atoms with E-state index in [-0.39, 0.29) is 5.82 Å². The van der Waals surface area contributed by atoms with Crippen LogP contribution in [0.2, 0.25) is 0 Å². The molecule has 4 aromatic rings. The van der Waals surface area contributed by atoms with E-state index in [2.05, 4.69) is 23.3 Å². The zero-order chi connectivity index (χ0) is 22.1. The molecule has 1 saturated carbocycles. The molecule has 1 unspecified atom stereocenters. The highest BCUT2D eigenvalue weighted by Crippen LogP contribution is 2.40. The van der Waals surface area contributed by atoms with Gasteiger partial charge >= 0.3 is 0 Å². The first-order valence-corrected chi connectivity index (χ1v) is 12.2. The molecule has 0 saturated heterocycles. The molecule has 1 atom stereocenters. The standard InChI is InChI=1S/C26H28FN3OS/c1-16(29-26-30-24-10-8-20(31-2)15-25(24)32-26)13-17-3-5-18(6-4-17)21-11-12-28-23-9-7-19(27)14-22(21)23/h7-12,14-18H,3-6,13H2,1-2H3,(H,29,30). The second kappa shape index (κ2) is 9.02. The molecule has 0 amide bonds. The smallest absolute Gasteiger partial charge is 0.184 e. The van der Waals surface area contributed by atoms with Crippen LogP contribution in [0.4, 0.5) is 9.52 Å². The van der Waals surface area contributed by atoms with Gasteiger partial charge in [0.25, 0.3) is 0 Å². The normalized spacial score (nSPS) is 19.8. The molecule has 0 spiro atoms. The van der Waals surface area contributed by atoms with E-state index in [4.69, 9.17) is 9.72 Å². The van der Waals surface area contributed by atoms with E-state index < -0.39 is 0 Å². The van der Waals surface area contributed by atoms with Crippen LogP contribution in [0, 0.1) is 11.7 Å². The summed E-state index contributed by atoms with van der Waals surface area (Å²) in [6, 6.07) is 13.4. The first kappa shape index (κ1) is 21.1. The number of ether oxygens (including phenoxy) is 1. The number of anilines is 1. The molecule has 2 aromatic heterocycles. The summed E-state index contributed by atoms with van der Waals surface area (Å²) in [6.07, 6.45) is 7.69. The van der Waals surface area contributed by atoms with Gasteiger partial charge in [0.2, 0.25) is 0 Å². The minimum atomic E-state index is -0.186. The number of halogens is 1. The van der Waals surface area contributed by atoms with E-state index in [0.29, 0.717) is 17.9 Å². The first-order chi connectivity index (χ1) is 15.6.